The fourth-order valence-electron chi connectivity index (χ4n) is 1.39. The molecule has 3 nitrogen and oxygen atoms in total. The van der Waals surface area contributed by atoms with E-state index in [2.05, 4.69) is 16.4 Å². The molecule has 1 N–H and O–H groups in total. The molecule has 2 rings (SSSR count). The Morgan fingerprint density at radius 3 is 2.81 bits per heavy atom. The number of nitriles is 1. The van der Waals surface area contributed by atoms with Crippen molar-refractivity contribution in [1.29, 1.82) is 5.26 Å². The molecule has 0 radical (unpaired) electrons. The summed E-state index contributed by atoms with van der Waals surface area (Å²) in [6.07, 6.45) is 1.73. The summed E-state index contributed by atoms with van der Waals surface area (Å²) in [5, 5.41) is 12.2. The molecule has 16 heavy (non-hydrogen) atoms. The maximum atomic E-state index is 9.04. The molecule has 0 bridgehead atoms. The lowest BCUT2D eigenvalue weighted by Crippen LogP contribution is -2.18. The number of aromatic nitrogens is 1. The molecule has 1 atom stereocenters. The number of benzene rings is 1. The number of thiazole rings is 1. The molecule has 0 aliphatic heterocycles. The van der Waals surface area contributed by atoms with Crippen LogP contribution in [-0.4, -0.2) is 4.98 Å². The number of hydrogen-bond acceptors (Lipinski definition) is 4. The molecule has 4 heteroatoms. The van der Waals surface area contributed by atoms with Crippen LogP contribution in [0.15, 0.2) is 42.0 Å². The van der Waals surface area contributed by atoms with E-state index in [1.807, 2.05) is 30.3 Å². The molecule has 0 aliphatic carbocycles. The van der Waals surface area contributed by atoms with Crippen molar-refractivity contribution in [2.45, 2.75) is 12.6 Å². The van der Waals surface area contributed by atoms with Crippen LogP contribution in [0.4, 0.5) is 0 Å². The summed E-state index contributed by atoms with van der Waals surface area (Å²) in [6, 6.07) is 12.0. The van der Waals surface area contributed by atoms with E-state index >= 15 is 0 Å². The van der Waals surface area contributed by atoms with E-state index in [0.717, 1.165) is 4.88 Å². The highest BCUT2D eigenvalue weighted by atomic mass is 32.1. The van der Waals surface area contributed by atoms with Crippen molar-refractivity contribution in [2.24, 2.45) is 0 Å². The normalized spacial score (nSPS) is 11.9. The van der Waals surface area contributed by atoms with Gasteiger partial charge in [0.25, 0.3) is 0 Å². The summed E-state index contributed by atoms with van der Waals surface area (Å²) in [5.41, 5.74) is 2.91. The Kier molecular flexibility index (Phi) is 3.65. The molecule has 0 saturated heterocycles. The van der Waals surface area contributed by atoms with Crippen molar-refractivity contribution in [3.63, 3.8) is 0 Å². The summed E-state index contributed by atoms with van der Waals surface area (Å²) in [7, 11) is 0. The molecule has 1 aromatic heterocycles. The van der Waals surface area contributed by atoms with Crippen molar-refractivity contribution < 1.29 is 0 Å². The minimum atomic E-state index is -0.271. The highest BCUT2D eigenvalue weighted by Gasteiger charge is 2.10. The van der Waals surface area contributed by atoms with Crippen LogP contribution in [-0.2, 0) is 6.54 Å². The van der Waals surface area contributed by atoms with Crippen LogP contribution in [0.5, 0.6) is 0 Å². The molecular weight excluding hydrogens is 218 g/mol. The van der Waals surface area contributed by atoms with Gasteiger partial charge in [-0.3, -0.25) is 10.3 Å². The zero-order valence-electron chi connectivity index (χ0n) is 8.63. The summed E-state index contributed by atoms with van der Waals surface area (Å²) >= 11 is 1.49. The van der Waals surface area contributed by atoms with Crippen LogP contribution in [0, 0.1) is 11.3 Å². The Morgan fingerprint density at radius 2 is 2.19 bits per heavy atom. The first-order chi connectivity index (χ1) is 7.90. The molecule has 2 aromatic rings. The van der Waals surface area contributed by atoms with Gasteiger partial charge in [0.2, 0.25) is 0 Å². The molecule has 80 valence electrons. The van der Waals surface area contributed by atoms with Gasteiger partial charge in [0.15, 0.2) is 0 Å². The SMILES string of the molecule is N#CC(NCc1ccccc1)c1cncs1. The van der Waals surface area contributed by atoms with Crippen LogP contribution >= 0.6 is 11.3 Å². The maximum absolute atomic E-state index is 9.04. The fraction of sp³-hybridized carbons (Fsp3) is 0.167. The van der Waals surface area contributed by atoms with E-state index in [9.17, 15) is 0 Å². The Morgan fingerprint density at radius 1 is 1.38 bits per heavy atom. The van der Waals surface area contributed by atoms with E-state index in [4.69, 9.17) is 5.26 Å². The van der Waals surface area contributed by atoms with Crippen LogP contribution in [0.3, 0.4) is 0 Å². The van der Waals surface area contributed by atoms with Crippen LogP contribution < -0.4 is 5.32 Å². The lowest BCUT2D eigenvalue weighted by molar-refractivity contribution is 0.637. The Balaban J connectivity index is 1.97. The van der Waals surface area contributed by atoms with E-state index in [1.165, 1.54) is 16.9 Å². The minimum Gasteiger partial charge on any atom is -0.293 e. The van der Waals surface area contributed by atoms with Gasteiger partial charge >= 0.3 is 0 Å². The number of nitrogens with zero attached hydrogens (tertiary/aromatic N) is 2. The maximum Gasteiger partial charge on any atom is 0.132 e. The van der Waals surface area contributed by atoms with E-state index in [-0.39, 0.29) is 6.04 Å². The molecule has 1 unspecified atom stereocenters. The topological polar surface area (TPSA) is 48.7 Å². The second-order valence-electron chi connectivity index (χ2n) is 3.33. The third-order valence-electron chi connectivity index (χ3n) is 2.22. The quantitative estimate of drug-likeness (QED) is 0.876. The van der Waals surface area contributed by atoms with E-state index in [1.54, 1.807) is 11.7 Å². The Labute approximate surface area is 98.4 Å². The second kappa shape index (κ2) is 5.40. The molecule has 0 amide bonds. The van der Waals surface area contributed by atoms with Gasteiger partial charge in [-0.2, -0.15) is 5.26 Å². The van der Waals surface area contributed by atoms with Gasteiger partial charge in [0.1, 0.15) is 6.04 Å². The summed E-state index contributed by atoms with van der Waals surface area (Å²) < 4.78 is 0. The van der Waals surface area contributed by atoms with Gasteiger partial charge in [-0.15, -0.1) is 11.3 Å². The Bertz CT molecular complexity index is 459. The van der Waals surface area contributed by atoms with Crippen LogP contribution in [0.1, 0.15) is 16.5 Å². The second-order valence-corrected chi connectivity index (χ2v) is 4.25. The lowest BCUT2D eigenvalue weighted by Gasteiger charge is -2.08. The highest BCUT2D eigenvalue weighted by Crippen LogP contribution is 2.16. The molecule has 0 aliphatic rings. The van der Waals surface area contributed by atoms with Crippen LogP contribution in [0.2, 0.25) is 0 Å². The van der Waals surface area contributed by atoms with Crippen molar-refractivity contribution >= 4 is 11.3 Å². The van der Waals surface area contributed by atoms with E-state index in [0.29, 0.717) is 6.54 Å². The van der Waals surface area contributed by atoms with Crippen LogP contribution in [0.25, 0.3) is 0 Å². The van der Waals surface area contributed by atoms with Gasteiger partial charge in [-0.05, 0) is 5.56 Å². The largest absolute Gasteiger partial charge is 0.293 e. The number of rotatable bonds is 4. The summed E-state index contributed by atoms with van der Waals surface area (Å²) in [4.78, 5) is 4.93. The Hall–Kier alpha value is -1.70. The fourth-order valence-corrected chi connectivity index (χ4v) is 2.03. The average molecular weight is 229 g/mol. The zero-order valence-corrected chi connectivity index (χ0v) is 9.45. The van der Waals surface area contributed by atoms with Crippen molar-refractivity contribution in [3.05, 3.63) is 52.5 Å². The summed E-state index contributed by atoms with van der Waals surface area (Å²) in [5.74, 6) is 0. The first-order valence-corrected chi connectivity index (χ1v) is 5.83. The van der Waals surface area contributed by atoms with Gasteiger partial charge in [0, 0.05) is 12.7 Å². The third-order valence-corrected chi connectivity index (χ3v) is 3.06. The summed E-state index contributed by atoms with van der Waals surface area (Å²) in [6.45, 7) is 0.691. The zero-order chi connectivity index (χ0) is 11.2. The molecule has 0 fully saturated rings. The third kappa shape index (κ3) is 2.66. The first kappa shape index (κ1) is 10.8. The number of nitrogens with one attached hydrogen (secondary N) is 1. The average Bonchev–Trinajstić information content (AvgIpc) is 2.85. The smallest absolute Gasteiger partial charge is 0.132 e. The molecule has 1 heterocycles. The molecule has 0 saturated carbocycles. The monoisotopic (exact) mass is 229 g/mol. The molecular formula is C12H11N3S. The van der Waals surface area contributed by atoms with Crippen molar-refractivity contribution in [2.75, 3.05) is 0 Å². The van der Waals surface area contributed by atoms with Gasteiger partial charge in [0.05, 0.1) is 16.5 Å². The minimum absolute atomic E-state index is 0.271. The van der Waals surface area contributed by atoms with Crippen molar-refractivity contribution in [3.8, 4) is 6.07 Å². The van der Waals surface area contributed by atoms with E-state index < -0.39 is 0 Å². The predicted molar refractivity (Wildman–Crippen MR) is 63.7 cm³/mol. The van der Waals surface area contributed by atoms with Gasteiger partial charge in [-0.25, -0.2) is 0 Å². The number of hydrogen-bond donors (Lipinski definition) is 1. The predicted octanol–water partition coefficient (Wildman–Crippen LogP) is 2.50. The lowest BCUT2D eigenvalue weighted by atomic mass is 10.2. The van der Waals surface area contributed by atoms with Gasteiger partial charge < -0.3 is 0 Å². The van der Waals surface area contributed by atoms with Crippen molar-refractivity contribution in [1.82, 2.24) is 10.3 Å². The standard InChI is InChI=1S/C12H11N3S/c13-6-11(12-8-14-9-16-12)15-7-10-4-2-1-3-5-10/h1-5,8-9,11,15H,7H2. The highest BCUT2D eigenvalue weighted by molar-refractivity contribution is 7.09. The first-order valence-electron chi connectivity index (χ1n) is 4.95. The molecule has 1 aromatic carbocycles. The van der Waals surface area contributed by atoms with Gasteiger partial charge in [-0.1, -0.05) is 30.3 Å². The molecule has 0 spiro atoms.